The Hall–Kier alpha value is -1.68. The second-order valence-corrected chi connectivity index (χ2v) is 9.65. The van der Waals surface area contributed by atoms with Gasteiger partial charge in [-0.15, -0.1) is 11.3 Å². The van der Waals surface area contributed by atoms with Crippen molar-refractivity contribution >= 4 is 54.8 Å². The molecule has 0 amide bonds. The van der Waals surface area contributed by atoms with Crippen molar-refractivity contribution in [2.45, 2.75) is 16.7 Å². The number of aryl methyl sites for hydroxylation is 1. The number of aromatic nitrogens is 1. The molecule has 3 aromatic rings. The van der Waals surface area contributed by atoms with Gasteiger partial charge in [0.1, 0.15) is 5.75 Å². The van der Waals surface area contributed by atoms with Crippen LogP contribution in [0.3, 0.4) is 0 Å². The van der Waals surface area contributed by atoms with Crippen LogP contribution in [0.1, 0.15) is 14.5 Å². The first-order valence-corrected chi connectivity index (χ1v) is 10.8. The average molecular weight is 470 g/mol. The van der Waals surface area contributed by atoms with E-state index in [1.54, 1.807) is 19.1 Å². The number of halogens is 1. The van der Waals surface area contributed by atoms with Gasteiger partial charge in [-0.2, -0.15) is 0 Å². The Kier molecular flexibility index (Phi) is 5.52. The fourth-order valence-electron chi connectivity index (χ4n) is 2.19. The van der Waals surface area contributed by atoms with Gasteiger partial charge in [0.05, 0.1) is 25.3 Å². The van der Waals surface area contributed by atoms with Gasteiger partial charge in [-0.05, 0) is 47.1 Å². The average Bonchev–Trinajstić information content (AvgIpc) is 3.00. The van der Waals surface area contributed by atoms with Crippen LogP contribution in [0.15, 0.2) is 62.9 Å². The highest BCUT2D eigenvalue weighted by Gasteiger charge is 2.25. The van der Waals surface area contributed by atoms with E-state index < -0.39 is 15.0 Å². The second kappa shape index (κ2) is 7.51. The first-order chi connectivity index (χ1) is 12.3. The van der Waals surface area contributed by atoms with Crippen LogP contribution in [-0.4, -0.2) is 18.5 Å². The zero-order valence-electron chi connectivity index (χ0n) is 13.3. The van der Waals surface area contributed by atoms with Crippen molar-refractivity contribution in [2.75, 3.05) is 0 Å². The van der Waals surface area contributed by atoms with Gasteiger partial charge in [0.15, 0.2) is 0 Å². The highest BCUT2D eigenvalue weighted by Crippen LogP contribution is 2.34. The molecular formula is C17H12BrNO4S3. The molecule has 2 aromatic heterocycles. The van der Waals surface area contributed by atoms with Crippen molar-refractivity contribution in [1.29, 1.82) is 0 Å². The molecule has 1 aromatic carbocycles. The van der Waals surface area contributed by atoms with Crippen LogP contribution in [0.5, 0.6) is 11.6 Å². The smallest absolute Gasteiger partial charge is 0.233 e. The van der Waals surface area contributed by atoms with E-state index >= 15 is 0 Å². The third-order valence-corrected chi connectivity index (χ3v) is 7.41. The topological polar surface area (TPSA) is 73.3 Å². The molecule has 0 saturated heterocycles. The molecule has 0 saturated carbocycles. The van der Waals surface area contributed by atoms with Crippen LogP contribution in [0.2, 0.25) is 0 Å². The van der Waals surface area contributed by atoms with Gasteiger partial charge in [-0.25, -0.2) is 13.4 Å². The van der Waals surface area contributed by atoms with Crippen LogP contribution in [0.4, 0.5) is 0 Å². The van der Waals surface area contributed by atoms with Crippen molar-refractivity contribution in [3.63, 3.8) is 0 Å². The number of hydrogen-bond acceptors (Lipinski definition) is 6. The third kappa shape index (κ3) is 3.85. The highest BCUT2D eigenvalue weighted by atomic mass is 79.9. The lowest BCUT2D eigenvalue weighted by molar-refractivity contribution is 0.109. The lowest BCUT2D eigenvalue weighted by Gasteiger charge is -2.09. The number of para-hydroxylation sites is 1. The van der Waals surface area contributed by atoms with E-state index in [9.17, 15) is 13.2 Å². The minimum Gasteiger partial charge on any atom is -0.438 e. The Bertz CT molecular complexity index is 1080. The maximum Gasteiger partial charge on any atom is 0.233 e. The summed E-state index contributed by atoms with van der Waals surface area (Å²) in [6.45, 7) is 1.65. The molecule has 26 heavy (non-hydrogen) atoms. The number of thiol groups is 1. The number of hydrogen-bond donors (Lipinski definition) is 1. The molecule has 0 spiro atoms. The lowest BCUT2D eigenvalue weighted by atomic mass is 10.3. The van der Waals surface area contributed by atoms with Crippen LogP contribution in [0, 0.1) is 6.92 Å². The van der Waals surface area contributed by atoms with Crippen LogP contribution < -0.4 is 4.74 Å². The molecular weight excluding hydrogens is 458 g/mol. The fourth-order valence-corrected chi connectivity index (χ4v) is 5.63. The van der Waals surface area contributed by atoms with Gasteiger partial charge in [-0.1, -0.05) is 30.8 Å². The van der Waals surface area contributed by atoms with E-state index in [-0.39, 0.29) is 20.5 Å². The Morgan fingerprint density at radius 2 is 1.92 bits per heavy atom. The Labute approximate surface area is 168 Å². The van der Waals surface area contributed by atoms with Crippen molar-refractivity contribution in [3.05, 3.63) is 62.9 Å². The molecule has 0 bridgehead atoms. The van der Waals surface area contributed by atoms with Gasteiger partial charge >= 0.3 is 0 Å². The number of benzene rings is 1. The molecule has 5 nitrogen and oxygen atoms in total. The first-order valence-electron chi connectivity index (χ1n) is 7.26. The van der Waals surface area contributed by atoms with E-state index in [4.69, 9.17) is 4.74 Å². The number of rotatable bonds is 5. The largest absolute Gasteiger partial charge is 0.438 e. The van der Waals surface area contributed by atoms with E-state index in [1.165, 1.54) is 18.3 Å². The van der Waals surface area contributed by atoms with Crippen molar-refractivity contribution < 1.29 is 17.9 Å². The predicted molar refractivity (Wildman–Crippen MR) is 106 cm³/mol. The number of carbonyl (C=O) groups excluding carboxylic acids is 1. The van der Waals surface area contributed by atoms with Gasteiger partial charge in [0, 0.05) is 4.88 Å². The minimum absolute atomic E-state index is 0.00356. The monoisotopic (exact) mass is 469 g/mol. The minimum atomic E-state index is -3.82. The van der Waals surface area contributed by atoms with E-state index in [0.29, 0.717) is 15.1 Å². The van der Waals surface area contributed by atoms with Crippen molar-refractivity contribution in [1.82, 2.24) is 4.98 Å². The molecule has 3 rings (SSSR count). The normalized spacial score (nSPS) is 11.3. The second-order valence-electron chi connectivity index (χ2n) is 5.21. The number of sulfone groups is 1. The maximum atomic E-state index is 12.9. The number of ether oxygens (including phenoxy) is 1. The number of thiophene rings is 1. The van der Waals surface area contributed by atoms with Gasteiger partial charge < -0.3 is 4.74 Å². The zero-order chi connectivity index (χ0) is 18.9. The van der Waals surface area contributed by atoms with E-state index in [1.807, 2.05) is 18.2 Å². The Balaban J connectivity index is 1.96. The Morgan fingerprint density at radius 3 is 2.50 bits per heavy atom. The molecule has 2 heterocycles. The molecule has 0 aliphatic carbocycles. The zero-order valence-corrected chi connectivity index (χ0v) is 17.5. The van der Waals surface area contributed by atoms with Gasteiger partial charge in [0.25, 0.3) is 0 Å². The number of pyridine rings is 1. The SMILES string of the molecule is Cc1sc(C(=O)S)cc1S(=O)(=O)c1cnc(Oc2ccccc2)c(Br)c1. The summed E-state index contributed by atoms with van der Waals surface area (Å²) in [6, 6.07) is 11.8. The number of nitrogens with zero attached hydrogens (tertiary/aromatic N) is 1. The van der Waals surface area contributed by atoms with Gasteiger partial charge in [0.2, 0.25) is 20.8 Å². The van der Waals surface area contributed by atoms with Crippen molar-refractivity contribution in [2.24, 2.45) is 0 Å². The summed E-state index contributed by atoms with van der Waals surface area (Å²) < 4.78 is 31.8. The lowest BCUT2D eigenvalue weighted by Crippen LogP contribution is -2.03. The summed E-state index contributed by atoms with van der Waals surface area (Å²) in [5, 5.41) is -0.467. The highest BCUT2D eigenvalue weighted by molar-refractivity contribution is 9.10. The summed E-state index contributed by atoms with van der Waals surface area (Å²) in [7, 11) is -3.82. The summed E-state index contributed by atoms with van der Waals surface area (Å²) in [4.78, 5) is 16.4. The predicted octanol–water partition coefficient (Wildman–Crippen LogP) is 4.91. The molecule has 0 fully saturated rings. The molecule has 0 radical (unpaired) electrons. The molecule has 0 atom stereocenters. The standard InChI is InChI=1S/C17H12BrNO4S3/c1-10-15(8-14(25-10)17(20)24)26(21,22)12-7-13(18)16(19-9-12)23-11-5-3-2-4-6-11/h2-9H,1H3,(H,20,24). The molecule has 0 N–H and O–H groups in total. The van der Waals surface area contributed by atoms with Crippen molar-refractivity contribution in [3.8, 4) is 11.6 Å². The van der Waals surface area contributed by atoms with Crippen LogP contribution in [-0.2, 0) is 9.84 Å². The summed E-state index contributed by atoms with van der Waals surface area (Å²) in [5.41, 5.74) is 0. The van der Waals surface area contributed by atoms with E-state index in [2.05, 4.69) is 33.5 Å². The molecule has 0 unspecified atom stereocenters. The van der Waals surface area contributed by atoms with Gasteiger partial charge in [-0.3, -0.25) is 4.79 Å². The summed E-state index contributed by atoms with van der Waals surface area (Å²) in [5.74, 6) is 0.838. The Morgan fingerprint density at radius 1 is 1.23 bits per heavy atom. The molecule has 134 valence electrons. The first kappa shape index (κ1) is 19.1. The quantitative estimate of drug-likeness (QED) is 0.537. The number of carbonyl (C=O) groups is 1. The fraction of sp³-hybridized carbons (Fsp3) is 0.0588. The third-order valence-electron chi connectivity index (χ3n) is 3.42. The molecule has 0 aliphatic rings. The van der Waals surface area contributed by atoms with Crippen LogP contribution >= 0.6 is 39.9 Å². The van der Waals surface area contributed by atoms with Crippen LogP contribution in [0.25, 0.3) is 0 Å². The maximum absolute atomic E-state index is 12.9. The summed E-state index contributed by atoms with van der Waals surface area (Å²) in [6.07, 6.45) is 1.23. The summed E-state index contributed by atoms with van der Waals surface area (Å²) >= 11 is 8.14. The van der Waals surface area contributed by atoms with E-state index in [0.717, 1.165) is 11.3 Å². The molecule has 9 heteroatoms. The molecule has 0 aliphatic heterocycles.